The van der Waals surface area contributed by atoms with Crippen molar-refractivity contribution in [2.24, 2.45) is 0 Å². The van der Waals surface area contributed by atoms with Crippen molar-refractivity contribution < 1.29 is 28.5 Å². The van der Waals surface area contributed by atoms with Crippen molar-refractivity contribution in [3.05, 3.63) is 58.6 Å². The number of nitrogens with zero attached hydrogens (tertiary/aromatic N) is 1. The van der Waals surface area contributed by atoms with Crippen LogP contribution in [-0.4, -0.2) is 65.9 Å². The zero-order valence-electron chi connectivity index (χ0n) is 18.1. The number of halogens is 2. The van der Waals surface area contributed by atoms with Crippen LogP contribution in [0.25, 0.3) is 0 Å². The first-order valence-corrected chi connectivity index (χ1v) is 12.6. The van der Waals surface area contributed by atoms with Crippen LogP contribution in [0, 0.1) is 0 Å². The van der Waals surface area contributed by atoms with Gasteiger partial charge < -0.3 is 20.1 Å². The number of piperidine rings is 1. The number of ether oxygens (including phenoxy) is 1. The van der Waals surface area contributed by atoms with Crippen LogP contribution in [0.3, 0.4) is 0 Å². The van der Waals surface area contributed by atoms with Crippen LogP contribution >= 0.6 is 24.0 Å². The standard InChI is InChI=1S/C22H27ClN2O6S.ClH/c1-32(29,30)24-17-6-7-19-18(12-17)20(26)22(28,31-19)14-25-10-8-21(27,9-11-25)13-15-2-4-16(23)5-3-15;/h2-7,12,20,24,26-28H,8-11,13-14H2,1H3;1H. The summed E-state index contributed by atoms with van der Waals surface area (Å²) in [6.45, 7) is 1.11. The van der Waals surface area contributed by atoms with E-state index in [2.05, 4.69) is 4.72 Å². The number of aliphatic hydroxyl groups excluding tert-OH is 1. The molecule has 4 rings (SSSR count). The fourth-order valence-electron chi connectivity index (χ4n) is 4.35. The van der Waals surface area contributed by atoms with E-state index >= 15 is 0 Å². The maximum Gasteiger partial charge on any atom is 0.251 e. The van der Waals surface area contributed by atoms with Crippen molar-refractivity contribution in [3.63, 3.8) is 0 Å². The number of fused-ring (bicyclic) bond motifs is 1. The minimum atomic E-state index is -3.47. The summed E-state index contributed by atoms with van der Waals surface area (Å²) < 4.78 is 31.0. The van der Waals surface area contributed by atoms with E-state index in [1.54, 1.807) is 12.1 Å². The molecule has 0 amide bonds. The molecule has 2 unspecified atom stereocenters. The number of nitrogens with one attached hydrogen (secondary N) is 1. The molecule has 2 aromatic carbocycles. The summed E-state index contributed by atoms with van der Waals surface area (Å²) in [5, 5.41) is 33.4. The molecule has 2 heterocycles. The van der Waals surface area contributed by atoms with Gasteiger partial charge in [-0.25, -0.2) is 8.42 Å². The molecule has 0 spiro atoms. The van der Waals surface area contributed by atoms with E-state index in [4.69, 9.17) is 16.3 Å². The van der Waals surface area contributed by atoms with Gasteiger partial charge in [0.25, 0.3) is 5.79 Å². The predicted octanol–water partition coefficient (Wildman–Crippen LogP) is 2.32. The van der Waals surface area contributed by atoms with Crippen LogP contribution in [0.2, 0.25) is 5.02 Å². The van der Waals surface area contributed by atoms with Gasteiger partial charge in [0, 0.05) is 35.8 Å². The van der Waals surface area contributed by atoms with Crippen LogP contribution < -0.4 is 9.46 Å². The molecule has 2 aliphatic rings. The molecule has 11 heteroatoms. The Balaban J connectivity index is 0.00000306. The Kier molecular flexibility index (Phi) is 7.55. The quantitative estimate of drug-likeness (QED) is 0.463. The van der Waals surface area contributed by atoms with Crippen molar-refractivity contribution in [1.82, 2.24) is 4.90 Å². The van der Waals surface area contributed by atoms with Gasteiger partial charge in [-0.05, 0) is 48.7 Å². The second-order valence-corrected chi connectivity index (χ2v) is 11.0. The number of aliphatic hydroxyl groups is 3. The lowest BCUT2D eigenvalue weighted by Crippen LogP contribution is -2.53. The molecule has 1 saturated heterocycles. The summed E-state index contributed by atoms with van der Waals surface area (Å²) in [4.78, 5) is 1.95. The zero-order chi connectivity index (χ0) is 23.1. The molecular formula is C22H28Cl2N2O6S. The zero-order valence-corrected chi connectivity index (χ0v) is 20.5. The number of hydrogen-bond donors (Lipinski definition) is 4. The second-order valence-electron chi connectivity index (χ2n) is 8.78. The SMILES string of the molecule is CS(=O)(=O)Nc1ccc2c(c1)C(O)C(O)(CN1CCC(O)(Cc3ccc(Cl)cc3)CC1)O2.Cl. The molecule has 1 fully saturated rings. The lowest BCUT2D eigenvalue weighted by Gasteiger charge is -2.41. The highest BCUT2D eigenvalue weighted by atomic mass is 35.5. The van der Waals surface area contributed by atoms with Gasteiger partial charge >= 0.3 is 0 Å². The van der Waals surface area contributed by atoms with Crippen molar-refractivity contribution in [2.45, 2.75) is 36.8 Å². The molecule has 182 valence electrons. The largest absolute Gasteiger partial charge is 0.458 e. The molecule has 0 aromatic heterocycles. The van der Waals surface area contributed by atoms with E-state index in [0.717, 1.165) is 11.8 Å². The lowest BCUT2D eigenvalue weighted by molar-refractivity contribution is -0.204. The molecule has 0 aliphatic carbocycles. The number of likely N-dealkylation sites (tertiary alicyclic amines) is 1. The Morgan fingerprint density at radius 2 is 1.79 bits per heavy atom. The summed E-state index contributed by atoms with van der Waals surface area (Å²) in [5.41, 5.74) is 0.755. The third-order valence-corrected chi connectivity index (χ3v) is 6.86. The monoisotopic (exact) mass is 518 g/mol. The van der Waals surface area contributed by atoms with Gasteiger partial charge in [0.1, 0.15) is 11.9 Å². The Morgan fingerprint density at radius 3 is 2.39 bits per heavy atom. The average molecular weight is 519 g/mol. The first-order chi connectivity index (χ1) is 14.9. The molecule has 0 radical (unpaired) electrons. The minimum absolute atomic E-state index is 0. The number of β-amino-alcohol motifs (C(OH)–C–C–N with tert-alkyl or cyclic N) is 1. The fraction of sp³-hybridized carbons (Fsp3) is 0.455. The highest BCUT2D eigenvalue weighted by molar-refractivity contribution is 7.92. The number of sulfonamides is 1. The smallest absolute Gasteiger partial charge is 0.251 e. The maximum absolute atomic E-state index is 11.5. The first-order valence-electron chi connectivity index (χ1n) is 10.4. The van der Waals surface area contributed by atoms with Crippen molar-refractivity contribution >= 4 is 39.7 Å². The fourth-order valence-corrected chi connectivity index (χ4v) is 5.03. The Bertz CT molecular complexity index is 1090. The molecular weight excluding hydrogens is 491 g/mol. The van der Waals surface area contributed by atoms with E-state index in [1.165, 1.54) is 18.2 Å². The van der Waals surface area contributed by atoms with Gasteiger partial charge in [0.2, 0.25) is 10.0 Å². The van der Waals surface area contributed by atoms with E-state index in [9.17, 15) is 23.7 Å². The predicted molar refractivity (Wildman–Crippen MR) is 128 cm³/mol. The van der Waals surface area contributed by atoms with Crippen LogP contribution in [0.4, 0.5) is 5.69 Å². The summed E-state index contributed by atoms with van der Waals surface area (Å²) >= 11 is 5.93. The van der Waals surface area contributed by atoms with Gasteiger partial charge in [-0.1, -0.05) is 23.7 Å². The molecule has 0 bridgehead atoms. The second kappa shape index (κ2) is 9.58. The van der Waals surface area contributed by atoms with Gasteiger partial charge in [-0.15, -0.1) is 12.4 Å². The molecule has 2 aliphatic heterocycles. The van der Waals surface area contributed by atoms with Crippen LogP contribution in [0.5, 0.6) is 5.75 Å². The molecule has 33 heavy (non-hydrogen) atoms. The maximum atomic E-state index is 11.5. The van der Waals surface area contributed by atoms with Gasteiger partial charge in [0.15, 0.2) is 0 Å². The summed E-state index contributed by atoms with van der Waals surface area (Å²) in [6, 6.07) is 11.9. The summed E-state index contributed by atoms with van der Waals surface area (Å²) in [5.74, 6) is -1.56. The highest BCUT2D eigenvalue weighted by Gasteiger charge is 2.48. The first kappa shape index (κ1) is 26.0. The van der Waals surface area contributed by atoms with Crippen molar-refractivity contribution in [1.29, 1.82) is 0 Å². The van der Waals surface area contributed by atoms with Gasteiger partial charge in [-0.2, -0.15) is 0 Å². The Hall–Kier alpha value is -1.59. The van der Waals surface area contributed by atoms with E-state index in [-0.39, 0.29) is 24.6 Å². The van der Waals surface area contributed by atoms with Crippen LogP contribution in [0.1, 0.15) is 30.1 Å². The molecule has 4 N–H and O–H groups in total. The van der Waals surface area contributed by atoms with E-state index < -0.39 is 27.5 Å². The molecule has 0 saturated carbocycles. The average Bonchev–Trinajstić information content (AvgIpc) is 2.95. The highest BCUT2D eigenvalue weighted by Crippen LogP contribution is 2.44. The summed E-state index contributed by atoms with van der Waals surface area (Å²) in [7, 11) is -3.47. The molecule has 2 atom stereocenters. The normalized spacial score (nSPS) is 24.5. The summed E-state index contributed by atoms with van der Waals surface area (Å²) in [6.07, 6.45) is 1.24. The van der Waals surface area contributed by atoms with Crippen LogP contribution in [0.15, 0.2) is 42.5 Å². The molecule has 2 aromatic rings. The van der Waals surface area contributed by atoms with Crippen molar-refractivity contribution in [3.8, 4) is 5.75 Å². The number of hydrogen-bond acceptors (Lipinski definition) is 7. The topological polar surface area (TPSA) is 119 Å². The lowest BCUT2D eigenvalue weighted by atomic mass is 9.85. The third-order valence-electron chi connectivity index (χ3n) is 6.00. The number of rotatable bonds is 6. The van der Waals surface area contributed by atoms with E-state index in [1.807, 2.05) is 17.0 Å². The van der Waals surface area contributed by atoms with Gasteiger partial charge in [0.05, 0.1) is 18.4 Å². The van der Waals surface area contributed by atoms with Gasteiger partial charge in [-0.3, -0.25) is 9.62 Å². The number of benzene rings is 2. The van der Waals surface area contributed by atoms with Crippen LogP contribution in [-0.2, 0) is 16.4 Å². The Labute approximate surface area is 204 Å². The number of anilines is 1. The molecule has 8 nitrogen and oxygen atoms in total. The van der Waals surface area contributed by atoms with E-state index in [0.29, 0.717) is 48.7 Å². The minimum Gasteiger partial charge on any atom is -0.458 e. The van der Waals surface area contributed by atoms with Crippen molar-refractivity contribution in [2.75, 3.05) is 30.6 Å². The third kappa shape index (κ3) is 6.10. The Morgan fingerprint density at radius 1 is 1.15 bits per heavy atom.